The van der Waals surface area contributed by atoms with Crippen molar-refractivity contribution in [1.82, 2.24) is 20.2 Å². The summed E-state index contributed by atoms with van der Waals surface area (Å²) >= 11 is 0. The molecule has 0 unspecified atom stereocenters. The summed E-state index contributed by atoms with van der Waals surface area (Å²) in [5.74, 6) is 0.907. The number of nitrogens with zero attached hydrogens (tertiary/aromatic N) is 3. The molecule has 2 aliphatic rings. The zero-order chi connectivity index (χ0) is 20.8. The molecule has 7 nitrogen and oxygen atoms in total. The average Bonchev–Trinajstić information content (AvgIpc) is 2.76. The summed E-state index contributed by atoms with van der Waals surface area (Å²) in [6, 6.07) is 10.9. The molecule has 0 atom stereocenters. The van der Waals surface area contributed by atoms with Crippen LogP contribution in [0.1, 0.15) is 48.2 Å². The van der Waals surface area contributed by atoms with E-state index < -0.39 is 0 Å². The van der Waals surface area contributed by atoms with Gasteiger partial charge in [-0.15, -0.1) is 0 Å². The molecule has 2 fully saturated rings. The third-order valence-electron chi connectivity index (χ3n) is 5.94. The molecule has 1 N–H and O–H groups in total. The van der Waals surface area contributed by atoms with Crippen molar-refractivity contribution in [2.75, 3.05) is 19.6 Å². The third-order valence-corrected chi connectivity index (χ3v) is 5.94. The van der Waals surface area contributed by atoms with Gasteiger partial charge in [0.25, 0.3) is 5.91 Å². The van der Waals surface area contributed by atoms with Gasteiger partial charge in [-0.25, -0.2) is 9.97 Å². The van der Waals surface area contributed by atoms with Crippen molar-refractivity contribution < 1.29 is 14.3 Å². The van der Waals surface area contributed by atoms with E-state index in [0.717, 1.165) is 37.8 Å². The lowest BCUT2D eigenvalue weighted by Crippen LogP contribution is -2.44. The van der Waals surface area contributed by atoms with Gasteiger partial charge >= 0.3 is 0 Å². The Morgan fingerprint density at radius 3 is 2.53 bits per heavy atom. The number of carbonyl (C=O) groups excluding carboxylic acids is 2. The molecule has 2 amide bonds. The molecule has 4 rings (SSSR count). The SMILES string of the molecule is O=C(NCC(=O)N1CCC(Cc2cc(OC3CCC3)ncn2)CC1)c1ccccc1. The van der Waals surface area contributed by atoms with Crippen LogP contribution in [-0.4, -0.2) is 52.4 Å². The molecule has 7 heteroatoms. The van der Waals surface area contributed by atoms with Crippen molar-refractivity contribution >= 4 is 11.8 Å². The molecule has 1 aromatic carbocycles. The Labute approximate surface area is 176 Å². The van der Waals surface area contributed by atoms with Gasteiger partial charge in [-0.2, -0.15) is 0 Å². The number of aromatic nitrogens is 2. The molecule has 1 aliphatic carbocycles. The van der Waals surface area contributed by atoms with Crippen LogP contribution in [0.5, 0.6) is 5.88 Å². The minimum atomic E-state index is -0.220. The number of ether oxygens (including phenoxy) is 1. The van der Waals surface area contributed by atoms with Crippen LogP contribution in [0.2, 0.25) is 0 Å². The maximum Gasteiger partial charge on any atom is 0.251 e. The van der Waals surface area contributed by atoms with Crippen molar-refractivity contribution in [2.24, 2.45) is 5.92 Å². The fraction of sp³-hybridized carbons (Fsp3) is 0.478. The molecule has 1 saturated carbocycles. The van der Waals surface area contributed by atoms with Gasteiger partial charge in [-0.3, -0.25) is 9.59 Å². The quantitative estimate of drug-likeness (QED) is 0.761. The van der Waals surface area contributed by atoms with Crippen molar-refractivity contribution in [3.63, 3.8) is 0 Å². The van der Waals surface area contributed by atoms with E-state index in [-0.39, 0.29) is 18.4 Å². The molecule has 1 aromatic heterocycles. The summed E-state index contributed by atoms with van der Waals surface area (Å²) in [5.41, 5.74) is 1.56. The number of piperidine rings is 1. The lowest BCUT2D eigenvalue weighted by molar-refractivity contribution is -0.131. The van der Waals surface area contributed by atoms with Gasteiger partial charge in [0.1, 0.15) is 12.4 Å². The van der Waals surface area contributed by atoms with Crippen LogP contribution in [0.4, 0.5) is 0 Å². The Hall–Kier alpha value is -2.96. The Morgan fingerprint density at radius 2 is 1.83 bits per heavy atom. The minimum absolute atomic E-state index is 0.0315. The van der Waals surface area contributed by atoms with Gasteiger partial charge in [-0.1, -0.05) is 18.2 Å². The number of likely N-dealkylation sites (tertiary alicyclic amines) is 1. The molecule has 0 radical (unpaired) electrons. The molecule has 1 saturated heterocycles. The van der Waals surface area contributed by atoms with E-state index in [0.29, 0.717) is 36.6 Å². The summed E-state index contributed by atoms with van der Waals surface area (Å²) in [6.45, 7) is 1.45. The van der Waals surface area contributed by atoms with E-state index in [1.54, 1.807) is 18.5 Å². The lowest BCUT2D eigenvalue weighted by atomic mass is 9.92. The molecule has 0 spiro atoms. The van der Waals surface area contributed by atoms with E-state index in [9.17, 15) is 9.59 Å². The zero-order valence-electron chi connectivity index (χ0n) is 17.1. The standard InChI is InChI=1S/C23H28N4O3/c28-22(15-24-23(29)18-5-2-1-3-6-18)27-11-9-17(10-12-27)13-19-14-21(26-16-25-19)30-20-7-4-8-20/h1-3,5-6,14,16-17,20H,4,7-13,15H2,(H,24,29). The lowest BCUT2D eigenvalue weighted by Gasteiger charge is -2.32. The monoisotopic (exact) mass is 408 g/mol. The van der Waals surface area contributed by atoms with E-state index >= 15 is 0 Å². The predicted molar refractivity (Wildman–Crippen MR) is 112 cm³/mol. The Balaban J connectivity index is 1.20. The van der Waals surface area contributed by atoms with Crippen LogP contribution in [-0.2, 0) is 11.2 Å². The number of carbonyl (C=O) groups is 2. The number of nitrogens with one attached hydrogen (secondary N) is 1. The first-order valence-electron chi connectivity index (χ1n) is 10.8. The molecule has 158 valence electrons. The Morgan fingerprint density at radius 1 is 1.07 bits per heavy atom. The predicted octanol–water partition coefficient (Wildman–Crippen LogP) is 2.62. The highest BCUT2D eigenvalue weighted by atomic mass is 16.5. The highest BCUT2D eigenvalue weighted by Crippen LogP contribution is 2.25. The molecular weight excluding hydrogens is 380 g/mol. The summed E-state index contributed by atoms with van der Waals surface area (Å²) in [7, 11) is 0. The summed E-state index contributed by atoms with van der Waals surface area (Å²) in [5, 5.41) is 2.72. The van der Waals surface area contributed by atoms with Gasteiger partial charge in [0, 0.05) is 30.4 Å². The van der Waals surface area contributed by atoms with Gasteiger partial charge < -0.3 is 15.0 Å². The molecular formula is C23H28N4O3. The third kappa shape index (κ3) is 5.34. The second-order valence-corrected chi connectivity index (χ2v) is 8.10. The molecule has 1 aliphatic heterocycles. The van der Waals surface area contributed by atoms with Gasteiger partial charge in [0.15, 0.2) is 0 Å². The van der Waals surface area contributed by atoms with Gasteiger partial charge in [-0.05, 0) is 56.6 Å². The average molecular weight is 409 g/mol. The fourth-order valence-electron chi connectivity index (χ4n) is 3.85. The first-order chi connectivity index (χ1) is 14.7. The molecule has 30 heavy (non-hydrogen) atoms. The van der Waals surface area contributed by atoms with Crippen molar-refractivity contribution in [1.29, 1.82) is 0 Å². The van der Waals surface area contributed by atoms with Gasteiger partial charge in [0.05, 0.1) is 6.54 Å². The van der Waals surface area contributed by atoms with Crippen LogP contribution in [0.15, 0.2) is 42.7 Å². The van der Waals surface area contributed by atoms with Crippen LogP contribution in [0, 0.1) is 5.92 Å². The van der Waals surface area contributed by atoms with E-state index in [1.807, 2.05) is 29.2 Å². The Kier molecular flexibility index (Phi) is 6.57. The second kappa shape index (κ2) is 9.69. The fourth-order valence-corrected chi connectivity index (χ4v) is 3.85. The number of rotatable bonds is 7. The van der Waals surface area contributed by atoms with Crippen LogP contribution in [0.3, 0.4) is 0 Å². The van der Waals surface area contributed by atoms with E-state index in [2.05, 4.69) is 15.3 Å². The van der Waals surface area contributed by atoms with Crippen LogP contribution in [0.25, 0.3) is 0 Å². The van der Waals surface area contributed by atoms with Crippen molar-refractivity contribution in [2.45, 2.75) is 44.6 Å². The number of benzene rings is 1. The maximum absolute atomic E-state index is 12.5. The minimum Gasteiger partial charge on any atom is -0.474 e. The summed E-state index contributed by atoms with van der Waals surface area (Å²) in [6.07, 6.45) is 8.07. The first kappa shape index (κ1) is 20.3. The topological polar surface area (TPSA) is 84.4 Å². The van der Waals surface area contributed by atoms with E-state index in [1.165, 1.54) is 6.42 Å². The Bertz CT molecular complexity index is 862. The number of hydrogen-bond donors (Lipinski definition) is 1. The molecule has 2 heterocycles. The highest BCUT2D eigenvalue weighted by Gasteiger charge is 2.24. The van der Waals surface area contributed by atoms with Gasteiger partial charge in [0.2, 0.25) is 11.8 Å². The first-order valence-corrected chi connectivity index (χ1v) is 10.8. The normalized spacial score (nSPS) is 17.3. The van der Waals surface area contributed by atoms with Crippen molar-refractivity contribution in [3.8, 4) is 5.88 Å². The summed E-state index contributed by atoms with van der Waals surface area (Å²) < 4.78 is 5.87. The molecule has 2 aromatic rings. The van der Waals surface area contributed by atoms with Crippen molar-refractivity contribution in [3.05, 3.63) is 54.0 Å². The zero-order valence-corrected chi connectivity index (χ0v) is 17.1. The largest absolute Gasteiger partial charge is 0.474 e. The number of hydrogen-bond acceptors (Lipinski definition) is 5. The smallest absolute Gasteiger partial charge is 0.251 e. The van der Waals surface area contributed by atoms with E-state index in [4.69, 9.17) is 4.74 Å². The maximum atomic E-state index is 12.5. The van der Waals surface area contributed by atoms with Crippen LogP contribution < -0.4 is 10.1 Å². The number of amides is 2. The summed E-state index contributed by atoms with van der Waals surface area (Å²) in [4.78, 5) is 35.0. The van der Waals surface area contributed by atoms with Crippen LogP contribution >= 0.6 is 0 Å². The highest BCUT2D eigenvalue weighted by molar-refractivity contribution is 5.96. The second-order valence-electron chi connectivity index (χ2n) is 8.10. The molecule has 0 bridgehead atoms.